The average molecular weight is 479 g/mol. The van der Waals surface area contributed by atoms with Gasteiger partial charge in [-0.25, -0.2) is 9.97 Å². The maximum Gasteiger partial charge on any atom is 0.0691 e. The maximum atomic E-state index is 5.06. The summed E-state index contributed by atoms with van der Waals surface area (Å²) in [6, 6.07) is 8.94. The smallest absolute Gasteiger partial charge is 0.0691 e. The highest BCUT2D eigenvalue weighted by Crippen LogP contribution is 2.34. The van der Waals surface area contributed by atoms with Gasteiger partial charge >= 0.3 is 0 Å². The molecular formula is C32H38N4. The minimum Gasteiger partial charge on any atom is -0.355 e. The minimum atomic E-state index is 1.01. The molecule has 0 fully saturated rings. The topological polar surface area (TPSA) is 57.4 Å². The van der Waals surface area contributed by atoms with E-state index in [0.29, 0.717) is 0 Å². The monoisotopic (exact) mass is 478 g/mol. The van der Waals surface area contributed by atoms with Gasteiger partial charge < -0.3 is 9.97 Å². The lowest BCUT2D eigenvalue weighted by molar-refractivity contribution is 0.922. The first-order valence-corrected chi connectivity index (χ1v) is 13.3. The summed E-state index contributed by atoms with van der Waals surface area (Å²) in [5.41, 5.74) is 19.1. The first kappa shape index (κ1) is 24.3. The van der Waals surface area contributed by atoms with Crippen LogP contribution in [0.3, 0.4) is 0 Å². The fourth-order valence-electron chi connectivity index (χ4n) is 5.51. The van der Waals surface area contributed by atoms with Gasteiger partial charge in [-0.3, -0.25) is 0 Å². The first-order valence-electron chi connectivity index (χ1n) is 13.3. The van der Waals surface area contributed by atoms with Gasteiger partial charge in [0.15, 0.2) is 0 Å². The predicted molar refractivity (Wildman–Crippen MR) is 155 cm³/mol. The van der Waals surface area contributed by atoms with Crippen LogP contribution in [0.2, 0.25) is 0 Å². The molecule has 5 rings (SSSR count). The number of allylic oxidation sites excluding steroid dienone is 4. The molecule has 0 aromatic carbocycles. The molecule has 4 heteroatoms. The number of aromatic nitrogens is 4. The fourth-order valence-corrected chi connectivity index (χ4v) is 5.51. The molecule has 3 aromatic heterocycles. The van der Waals surface area contributed by atoms with Crippen molar-refractivity contribution in [3.63, 3.8) is 0 Å². The second-order valence-electron chi connectivity index (χ2n) is 10.5. The molecule has 2 aliphatic heterocycles. The molecule has 0 radical (unpaired) electrons. The summed E-state index contributed by atoms with van der Waals surface area (Å²) < 4.78 is 0. The molecular weight excluding hydrogens is 440 g/mol. The average Bonchev–Trinajstić information content (AvgIpc) is 3.48. The van der Waals surface area contributed by atoms with E-state index < -0.39 is 0 Å². The molecule has 0 aliphatic carbocycles. The zero-order valence-electron chi connectivity index (χ0n) is 23.0. The van der Waals surface area contributed by atoms with Crippen LogP contribution in [-0.4, -0.2) is 19.9 Å². The Bertz CT molecular complexity index is 1490. The highest BCUT2D eigenvalue weighted by Gasteiger charge is 2.18. The molecule has 0 atom stereocenters. The van der Waals surface area contributed by atoms with E-state index in [1.54, 1.807) is 0 Å². The molecule has 2 N–H and O–H groups in total. The molecule has 0 saturated carbocycles. The Balaban J connectivity index is 1.98. The van der Waals surface area contributed by atoms with Crippen LogP contribution in [-0.2, 0) is 12.8 Å². The third-order valence-corrected chi connectivity index (χ3v) is 8.17. The van der Waals surface area contributed by atoms with Crippen molar-refractivity contribution in [2.75, 3.05) is 0 Å². The number of nitrogens with one attached hydrogen (secondary N) is 2. The van der Waals surface area contributed by atoms with E-state index in [-0.39, 0.29) is 0 Å². The van der Waals surface area contributed by atoms with E-state index in [9.17, 15) is 0 Å². The predicted octanol–water partition coefficient (Wildman–Crippen LogP) is 8.74. The molecule has 36 heavy (non-hydrogen) atoms. The van der Waals surface area contributed by atoms with Gasteiger partial charge in [-0.2, -0.15) is 0 Å². The second-order valence-corrected chi connectivity index (χ2v) is 10.5. The van der Waals surface area contributed by atoms with Crippen LogP contribution in [0.15, 0.2) is 24.3 Å². The van der Waals surface area contributed by atoms with E-state index in [1.165, 1.54) is 55.6 Å². The Labute approximate surface area is 214 Å². The van der Waals surface area contributed by atoms with Crippen molar-refractivity contribution in [2.45, 2.75) is 81.1 Å². The summed E-state index contributed by atoms with van der Waals surface area (Å²) in [6.45, 7) is 17.7. The Morgan fingerprint density at radius 3 is 1.22 bits per heavy atom. The van der Waals surface area contributed by atoms with Crippen LogP contribution in [0, 0.1) is 13.8 Å². The Morgan fingerprint density at radius 2 is 0.861 bits per heavy atom. The summed E-state index contributed by atoms with van der Waals surface area (Å²) >= 11 is 0. The molecule has 0 amide bonds. The lowest BCUT2D eigenvalue weighted by Gasteiger charge is -1.99. The number of aromatic amines is 2. The molecule has 3 aromatic rings. The van der Waals surface area contributed by atoms with Gasteiger partial charge in [0.25, 0.3) is 0 Å². The Kier molecular flexibility index (Phi) is 6.23. The van der Waals surface area contributed by atoms with E-state index in [2.05, 4.69) is 89.6 Å². The molecule has 186 valence electrons. The SMILES string of the molecule is CCCc1c(C)c2cc3nc(cc4nc(cc5[nH]c(cc1[nH]2)c(CCC)c5C)C(C)=C4C)C(C)=C3C. The second kappa shape index (κ2) is 9.24. The number of hydrogen-bond acceptors (Lipinski definition) is 2. The van der Waals surface area contributed by atoms with E-state index in [4.69, 9.17) is 9.97 Å². The minimum absolute atomic E-state index is 1.01. The van der Waals surface area contributed by atoms with Gasteiger partial charge in [0, 0.05) is 22.1 Å². The molecule has 0 saturated heterocycles. The normalized spacial score (nSPS) is 13.8. The van der Waals surface area contributed by atoms with Crippen molar-refractivity contribution in [3.8, 4) is 0 Å². The highest BCUT2D eigenvalue weighted by molar-refractivity contribution is 5.94. The number of nitrogens with zero attached hydrogens (tertiary/aromatic N) is 2. The number of H-pyrrole nitrogens is 2. The molecule has 4 nitrogen and oxygen atoms in total. The third kappa shape index (κ3) is 3.93. The summed E-state index contributed by atoms with van der Waals surface area (Å²) in [7, 11) is 0. The molecule has 8 bridgehead atoms. The van der Waals surface area contributed by atoms with E-state index >= 15 is 0 Å². The number of fused-ring (bicyclic) bond motifs is 8. The largest absolute Gasteiger partial charge is 0.355 e. The molecule has 0 unspecified atom stereocenters. The number of rotatable bonds is 4. The van der Waals surface area contributed by atoms with Gasteiger partial charge in [0.1, 0.15) is 0 Å². The van der Waals surface area contributed by atoms with Crippen molar-refractivity contribution in [1.29, 1.82) is 0 Å². The molecule has 0 spiro atoms. The number of aryl methyl sites for hydroxylation is 4. The van der Waals surface area contributed by atoms with Gasteiger partial charge in [0.05, 0.1) is 22.8 Å². The van der Waals surface area contributed by atoms with Crippen LogP contribution in [0.1, 0.15) is 99.4 Å². The Hall–Kier alpha value is -3.40. The molecule has 5 heterocycles. The van der Waals surface area contributed by atoms with Crippen LogP contribution in [0.5, 0.6) is 0 Å². The lowest BCUT2D eigenvalue weighted by atomic mass is 10.0. The van der Waals surface area contributed by atoms with Crippen LogP contribution in [0.25, 0.3) is 44.4 Å². The van der Waals surface area contributed by atoms with E-state index in [0.717, 1.165) is 59.5 Å². The lowest BCUT2D eigenvalue weighted by Crippen LogP contribution is -1.85. The van der Waals surface area contributed by atoms with Crippen LogP contribution in [0.4, 0.5) is 0 Å². The van der Waals surface area contributed by atoms with E-state index in [1.807, 2.05) is 0 Å². The van der Waals surface area contributed by atoms with Gasteiger partial charge in [-0.05, 0) is 123 Å². The van der Waals surface area contributed by atoms with Gasteiger partial charge in [-0.1, -0.05) is 26.7 Å². The zero-order chi connectivity index (χ0) is 25.7. The van der Waals surface area contributed by atoms with Crippen molar-refractivity contribution in [1.82, 2.24) is 19.9 Å². The number of hydrogen-bond donors (Lipinski definition) is 2. The van der Waals surface area contributed by atoms with Crippen molar-refractivity contribution < 1.29 is 0 Å². The third-order valence-electron chi connectivity index (χ3n) is 8.17. The van der Waals surface area contributed by atoms with Crippen molar-refractivity contribution in [3.05, 3.63) is 69.3 Å². The highest BCUT2D eigenvalue weighted by atomic mass is 14.8. The summed E-state index contributed by atoms with van der Waals surface area (Å²) in [6.07, 6.45) is 4.32. The molecule has 2 aliphatic rings. The zero-order valence-corrected chi connectivity index (χ0v) is 23.0. The van der Waals surface area contributed by atoms with Gasteiger partial charge in [-0.15, -0.1) is 0 Å². The van der Waals surface area contributed by atoms with Gasteiger partial charge in [0.2, 0.25) is 0 Å². The van der Waals surface area contributed by atoms with Crippen molar-refractivity contribution in [2.24, 2.45) is 0 Å². The summed E-state index contributed by atoms with van der Waals surface area (Å²) in [5.74, 6) is 0. The summed E-state index contributed by atoms with van der Waals surface area (Å²) in [4.78, 5) is 17.7. The fraction of sp³-hybridized carbons (Fsp3) is 0.375. The maximum absolute atomic E-state index is 5.06. The Morgan fingerprint density at radius 1 is 0.500 bits per heavy atom. The summed E-state index contributed by atoms with van der Waals surface area (Å²) in [5, 5.41) is 0. The standard InChI is InChI=1S/C32H38N4/c1-9-11-23-21(7)29-14-27-19(5)17(3)25(33-27)13-26-18(4)20(6)28(34-26)15-30-22(8)24(12-10-2)32(36-30)16-31(23)35-29/h13-16,35-36H,9-12H2,1-8H3. The van der Waals surface area contributed by atoms with Crippen LogP contribution < -0.4 is 0 Å². The first-order chi connectivity index (χ1) is 17.2. The quantitative estimate of drug-likeness (QED) is 0.394. The van der Waals surface area contributed by atoms with Crippen LogP contribution >= 0.6 is 0 Å². The van der Waals surface area contributed by atoms with Crippen molar-refractivity contribution >= 4 is 44.4 Å².